The monoisotopic (exact) mass is 286 g/mol. The summed E-state index contributed by atoms with van der Waals surface area (Å²) in [6, 6.07) is 6.89. The lowest BCUT2D eigenvalue weighted by Crippen LogP contribution is -2.12. The molecule has 7 nitrogen and oxygen atoms in total. The number of hydrogen-bond donors (Lipinski definition) is 2. The van der Waals surface area contributed by atoms with Crippen molar-refractivity contribution >= 4 is 11.9 Å². The first-order chi connectivity index (χ1) is 10.1. The van der Waals surface area contributed by atoms with Gasteiger partial charge in [-0.25, -0.2) is 9.48 Å². The Kier molecular flexibility index (Phi) is 3.17. The first-order valence-corrected chi connectivity index (χ1v) is 6.61. The van der Waals surface area contributed by atoms with E-state index in [9.17, 15) is 9.59 Å². The number of nitrogens with zero attached hydrogens (tertiary/aromatic N) is 3. The highest BCUT2D eigenvalue weighted by Gasteiger charge is 2.33. The van der Waals surface area contributed by atoms with E-state index >= 15 is 0 Å². The summed E-state index contributed by atoms with van der Waals surface area (Å²) in [7, 11) is 0. The molecule has 1 fully saturated rings. The minimum Gasteiger partial charge on any atom is -0.476 e. The topological polar surface area (TPSA) is 111 Å². The van der Waals surface area contributed by atoms with Crippen LogP contribution in [0, 0.1) is 0 Å². The normalized spacial score (nSPS) is 14.1. The zero-order valence-electron chi connectivity index (χ0n) is 11.2. The van der Waals surface area contributed by atoms with Gasteiger partial charge in [0.15, 0.2) is 5.69 Å². The molecule has 0 radical (unpaired) electrons. The van der Waals surface area contributed by atoms with Gasteiger partial charge in [-0.1, -0.05) is 17.3 Å². The van der Waals surface area contributed by atoms with Crippen molar-refractivity contribution in [3.63, 3.8) is 0 Å². The van der Waals surface area contributed by atoms with Crippen molar-refractivity contribution in [1.29, 1.82) is 0 Å². The Hall–Kier alpha value is -2.70. The molecule has 1 saturated carbocycles. The lowest BCUT2D eigenvalue weighted by molar-refractivity contribution is 0.0688. The van der Waals surface area contributed by atoms with E-state index in [2.05, 4.69) is 10.3 Å². The van der Waals surface area contributed by atoms with Crippen LogP contribution in [-0.2, 0) is 6.54 Å². The molecule has 1 amide bonds. The third kappa shape index (κ3) is 2.62. The van der Waals surface area contributed by atoms with Crippen molar-refractivity contribution < 1.29 is 14.7 Å². The van der Waals surface area contributed by atoms with Crippen molar-refractivity contribution in [3.05, 3.63) is 46.8 Å². The number of carbonyl (C=O) groups excluding carboxylic acids is 1. The van der Waals surface area contributed by atoms with Gasteiger partial charge >= 0.3 is 5.97 Å². The summed E-state index contributed by atoms with van der Waals surface area (Å²) in [4.78, 5) is 22.4. The van der Waals surface area contributed by atoms with E-state index in [4.69, 9.17) is 10.8 Å². The van der Waals surface area contributed by atoms with Crippen molar-refractivity contribution in [1.82, 2.24) is 15.0 Å². The number of carboxylic acid groups (broad SMARTS) is 1. The van der Waals surface area contributed by atoms with E-state index in [0.29, 0.717) is 17.8 Å². The van der Waals surface area contributed by atoms with Crippen molar-refractivity contribution in [2.75, 3.05) is 0 Å². The number of nitrogens with two attached hydrogens (primary N) is 1. The van der Waals surface area contributed by atoms with Crippen LogP contribution in [0.5, 0.6) is 0 Å². The number of amides is 1. The third-order valence-corrected chi connectivity index (χ3v) is 3.48. The minimum atomic E-state index is -1.06. The Balaban J connectivity index is 1.93. The summed E-state index contributed by atoms with van der Waals surface area (Å²) < 4.78 is 1.60. The Labute approximate surface area is 120 Å². The molecule has 7 heteroatoms. The average Bonchev–Trinajstić information content (AvgIpc) is 3.20. The number of benzene rings is 1. The predicted octanol–water partition coefficient (Wildman–Crippen LogP) is 1.00. The van der Waals surface area contributed by atoms with E-state index < -0.39 is 11.9 Å². The van der Waals surface area contributed by atoms with Gasteiger partial charge in [0.25, 0.3) is 0 Å². The van der Waals surface area contributed by atoms with Crippen LogP contribution in [0.1, 0.15) is 50.9 Å². The van der Waals surface area contributed by atoms with Crippen LogP contribution in [0.4, 0.5) is 0 Å². The molecule has 1 aliphatic carbocycles. The predicted molar refractivity (Wildman–Crippen MR) is 73.0 cm³/mol. The molecule has 108 valence electrons. The van der Waals surface area contributed by atoms with Gasteiger partial charge in [-0.3, -0.25) is 4.79 Å². The van der Waals surface area contributed by atoms with Crippen LogP contribution in [0.3, 0.4) is 0 Å². The van der Waals surface area contributed by atoms with Gasteiger partial charge in [-0.2, -0.15) is 0 Å². The molecule has 0 atom stereocenters. The second-order valence-corrected chi connectivity index (χ2v) is 5.12. The maximum Gasteiger partial charge on any atom is 0.358 e. The Morgan fingerprint density at radius 1 is 1.38 bits per heavy atom. The quantitative estimate of drug-likeness (QED) is 0.851. The maximum absolute atomic E-state index is 11.2. The molecule has 0 spiro atoms. The summed E-state index contributed by atoms with van der Waals surface area (Å²) in [5.41, 5.74) is 7.18. The van der Waals surface area contributed by atoms with Gasteiger partial charge in [0.2, 0.25) is 5.91 Å². The molecule has 1 heterocycles. The molecule has 0 unspecified atom stereocenters. The van der Waals surface area contributed by atoms with Gasteiger partial charge in [0.05, 0.1) is 12.2 Å². The Morgan fingerprint density at radius 3 is 2.76 bits per heavy atom. The number of carbonyl (C=O) groups is 2. The number of primary amides is 1. The second kappa shape index (κ2) is 5.01. The van der Waals surface area contributed by atoms with Crippen molar-refractivity contribution in [2.24, 2.45) is 5.73 Å². The molecule has 3 N–H and O–H groups in total. The van der Waals surface area contributed by atoms with E-state index in [1.807, 2.05) is 6.07 Å². The first-order valence-electron chi connectivity index (χ1n) is 6.61. The molecule has 21 heavy (non-hydrogen) atoms. The minimum absolute atomic E-state index is 0.0172. The van der Waals surface area contributed by atoms with Gasteiger partial charge in [-0.15, -0.1) is 5.10 Å². The summed E-state index contributed by atoms with van der Waals surface area (Å²) in [5, 5.41) is 16.9. The Morgan fingerprint density at radius 2 is 2.14 bits per heavy atom. The summed E-state index contributed by atoms with van der Waals surface area (Å²) in [5.74, 6) is -1.34. The summed E-state index contributed by atoms with van der Waals surface area (Å²) >= 11 is 0. The number of aromatic carboxylic acids is 1. The number of rotatable bonds is 5. The van der Waals surface area contributed by atoms with Gasteiger partial charge in [0.1, 0.15) is 0 Å². The largest absolute Gasteiger partial charge is 0.476 e. The number of hydrogen-bond acceptors (Lipinski definition) is 4. The average molecular weight is 286 g/mol. The molecule has 0 aliphatic heterocycles. The maximum atomic E-state index is 11.2. The lowest BCUT2D eigenvalue weighted by atomic mass is 10.1. The van der Waals surface area contributed by atoms with Crippen LogP contribution < -0.4 is 5.73 Å². The number of aromatic nitrogens is 3. The zero-order valence-corrected chi connectivity index (χ0v) is 11.2. The molecule has 0 bridgehead atoms. The zero-order chi connectivity index (χ0) is 15.0. The van der Waals surface area contributed by atoms with Crippen LogP contribution in [0.2, 0.25) is 0 Å². The van der Waals surface area contributed by atoms with Gasteiger partial charge in [0, 0.05) is 11.5 Å². The summed E-state index contributed by atoms with van der Waals surface area (Å²) in [6.07, 6.45) is 1.91. The highest BCUT2D eigenvalue weighted by molar-refractivity contribution is 5.92. The SMILES string of the molecule is NC(=O)c1cccc(Cn2nnc(C(=O)O)c2C2CC2)c1. The van der Waals surface area contributed by atoms with Gasteiger partial charge < -0.3 is 10.8 Å². The fourth-order valence-corrected chi connectivity index (χ4v) is 2.35. The molecule has 2 aromatic rings. The molecule has 0 saturated heterocycles. The first kappa shape index (κ1) is 13.3. The third-order valence-electron chi connectivity index (χ3n) is 3.48. The number of carboxylic acids is 1. The van der Waals surface area contributed by atoms with Crippen LogP contribution in [0.15, 0.2) is 24.3 Å². The summed E-state index contributed by atoms with van der Waals surface area (Å²) in [6.45, 7) is 0.368. The highest BCUT2D eigenvalue weighted by Crippen LogP contribution is 2.41. The van der Waals surface area contributed by atoms with Crippen molar-refractivity contribution in [2.45, 2.75) is 25.3 Å². The fourth-order valence-electron chi connectivity index (χ4n) is 2.35. The molecule has 1 aromatic carbocycles. The van der Waals surface area contributed by atoms with E-state index in [1.165, 1.54) is 0 Å². The van der Waals surface area contributed by atoms with Crippen LogP contribution in [-0.4, -0.2) is 32.0 Å². The molecule has 1 aliphatic rings. The molecule has 1 aromatic heterocycles. The molecular formula is C14H14N4O3. The van der Waals surface area contributed by atoms with Gasteiger partial charge in [-0.05, 0) is 30.5 Å². The highest BCUT2D eigenvalue weighted by atomic mass is 16.4. The Bertz CT molecular complexity index is 719. The van der Waals surface area contributed by atoms with E-state index in [0.717, 1.165) is 18.4 Å². The second-order valence-electron chi connectivity index (χ2n) is 5.12. The lowest BCUT2D eigenvalue weighted by Gasteiger charge is -2.07. The van der Waals surface area contributed by atoms with Crippen LogP contribution >= 0.6 is 0 Å². The van der Waals surface area contributed by atoms with E-state index in [-0.39, 0.29) is 11.6 Å². The smallest absolute Gasteiger partial charge is 0.358 e. The standard InChI is InChI=1S/C14H14N4O3/c15-13(19)10-3-1-2-8(6-10)7-18-12(9-4-5-9)11(14(20)21)16-17-18/h1-3,6,9H,4-5,7H2,(H2,15,19)(H,20,21). The molecular weight excluding hydrogens is 272 g/mol. The van der Waals surface area contributed by atoms with Crippen molar-refractivity contribution in [3.8, 4) is 0 Å². The van der Waals surface area contributed by atoms with E-state index in [1.54, 1.807) is 22.9 Å². The fraction of sp³-hybridized carbons (Fsp3) is 0.286. The molecule has 3 rings (SSSR count). The van der Waals surface area contributed by atoms with Crippen LogP contribution in [0.25, 0.3) is 0 Å².